The summed E-state index contributed by atoms with van der Waals surface area (Å²) in [6.45, 7) is 6.88. The first-order valence-electron chi connectivity index (χ1n) is 8.52. The van der Waals surface area contributed by atoms with Gasteiger partial charge in [0.1, 0.15) is 11.3 Å². The topological polar surface area (TPSA) is 73.8 Å². The smallest absolute Gasteiger partial charge is 0.151 e. The molecule has 0 aliphatic carbocycles. The van der Waals surface area contributed by atoms with E-state index in [1.807, 2.05) is 44.2 Å². The van der Waals surface area contributed by atoms with Crippen molar-refractivity contribution in [1.82, 2.24) is 14.5 Å². The van der Waals surface area contributed by atoms with E-state index in [1.54, 1.807) is 0 Å². The fraction of sp³-hybridized carbons (Fsp3) is 0.368. The predicted molar refractivity (Wildman–Crippen MR) is 103 cm³/mol. The molecule has 1 unspecified atom stereocenters. The van der Waals surface area contributed by atoms with Crippen LogP contribution in [0.1, 0.15) is 29.9 Å². The Hall–Kier alpha value is -2.21. The minimum Gasteiger partial charge on any atom is -0.382 e. The van der Waals surface area contributed by atoms with Gasteiger partial charge in [0, 0.05) is 22.9 Å². The van der Waals surface area contributed by atoms with Crippen LogP contribution >= 0.6 is 0 Å². The third-order valence-corrected chi connectivity index (χ3v) is 6.01. The van der Waals surface area contributed by atoms with Crippen LogP contribution in [-0.4, -0.2) is 24.5 Å². The molecule has 2 aromatic heterocycles. The number of nitrogens with zero attached hydrogens (tertiary/aromatic N) is 3. The van der Waals surface area contributed by atoms with Gasteiger partial charge in [0.2, 0.25) is 0 Å². The van der Waals surface area contributed by atoms with Gasteiger partial charge >= 0.3 is 0 Å². The van der Waals surface area contributed by atoms with Crippen LogP contribution in [-0.2, 0) is 17.3 Å². The largest absolute Gasteiger partial charge is 0.382 e. The molecule has 0 aliphatic heterocycles. The Morgan fingerprint density at radius 3 is 2.52 bits per heavy atom. The van der Waals surface area contributed by atoms with Crippen molar-refractivity contribution in [2.24, 2.45) is 0 Å². The lowest BCUT2D eigenvalue weighted by molar-refractivity contribution is 0.626. The molecular formula is C19H24N4OS. The van der Waals surface area contributed by atoms with Crippen molar-refractivity contribution in [2.45, 2.75) is 45.1 Å². The molecule has 0 bridgehead atoms. The van der Waals surface area contributed by atoms with Gasteiger partial charge in [0.25, 0.3) is 0 Å². The molecule has 1 atom stereocenters. The highest BCUT2D eigenvalue weighted by atomic mass is 32.2. The fourth-order valence-corrected chi connectivity index (χ4v) is 4.24. The van der Waals surface area contributed by atoms with Crippen molar-refractivity contribution in [3.63, 3.8) is 0 Å². The monoisotopic (exact) mass is 356 g/mol. The molecule has 132 valence electrons. The van der Waals surface area contributed by atoms with Crippen LogP contribution in [0.25, 0.3) is 11.0 Å². The van der Waals surface area contributed by atoms with Gasteiger partial charge in [-0.15, -0.1) is 0 Å². The lowest BCUT2D eigenvalue weighted by atomic mass is 10.2. The average Bonchev–Trinajstić information content (AvgIpc) is 2.94. The number of aryl methyl sites for hydroxylation is 4. The van der Waals surface area contributed by atoms with E-state index in [9.17, 15) is 4.21 Å². The lowest BCUT2D eigenvalue weighted by Gasteiger charge is -2.10. The van der Waals surface area contributed by atoms with E-state index in [2.05, 4.69) is 21.5 Å². The highest BCUT2D eigenvalue weighted by Crippen LogP contribution is 2.26. The highest BCUT2D eigenvalue weighted by molar-refractivity contribution is 7.85. The van der Waals surface area contributed by atoms with Crippen LogP contribution in [0.4, 0.5) is 5.82 Å². The van der Waals surface area contributed by atoms with Gasteiger partial charge in [-0.1, -0.05) is 18.2 Å². The Morgan fingerprint density at radius 2 is 1.80 bits per heavy atom. The number of benzene rings is 1. The van der Waals surface area contributed by atoms with Crippen molar-refractivity contribution in [3.05, 3.63) is 47.4 Å². The Balaban J connectivity index is 1.70. The van der Waals surface area contributed by atoms with E-state index in [-0.39, 0.29) is 0 Å². The molecule has 2 N–H and O–H groups in total. The zero-order valence-corrected chi connectivity index (χ0v) is 15.8. The summed E-state index contributed by atoms with van der Waals surface area (Å²) < 4.78 is 14.5. The molecule has 2 heterocycles. The van der Waals surface area contributed by atoms with E-state index in [1.165, 1.54) is 0 Å². The Kier molecular flexibility index (Phi) is 5.18. The summed E-state index contributed by atoms with van der Waals surface area (Å²) in [5.74, 6) is 2.11. The number of nitrogens with two attached hydrogens (primary N) is 1. The minimum atomic E-state index is -0.931. The maximum absolute atomic E-state index is 12.3. The van der Waals surface area contributed by atoms with Crippen molar-refractivity contribution < 1.29 is 4.21 Å². The Morgan fingerprint density at radius 1 is 1.08 bits per heavy atom. The molecule has 0 fully saturated rings. The molecule has 0 radical (unpaired) electrons. The number of rotatable bonds is 6. The molecule has 0 spiro atoms. The van der Waals surface area contributed by atoms with Gasteiger partial charge < -0.3 is 10.3 Å². The van der Waals surface area contributed by atoms with Crippen LogP contribution < -0.4 is 5.73 Å². The Bertz CT molecular complexity index is 918. The number of anilines is 1. The second-order valence-corrected chi connectivity index (χ2v) is 7.86. The third kappa shape index (κ3) is 3.58. The standard InChI is InChI=1S/C19H24N4OS/c1-13-14(2)21-19(20)17-18(13)23(15(3)22-17)11-7-8-12-25(24)16-9-5-4-6-10-16/h4-6,9-10H,7-8,11-12H2,1-3H3,(H2,20,21). The second kappa shape index (κ2) is 7.35. The van der Waals surface area contributed by atoms with E-state index in [0.717, 1.165) is 52.4 Å². The van der Waals surface area contributed by atoms with Gasteiger partial charge in [-0.25, -0.2) is 9.97 Å². The van der Waals surface area contributed by atoms with E-state index in [4.69, 9.17) is 5.73 Å². The summed E-state index contributed by atoms with van der Waals surface area (Å²) in [6.07, 6.45) is 1.85. The van der Waals surface area contributed by atoms with Crippen LogP contribution in [0.3, 0.4) is 0 Å². The first kappa shape index (κ1) is 17.6. The number of fused-ring (bicyclic) bond motifs is 1. The first-order valence-corrected chi connectivity index (χ1v) is 9.84. The quantitative estimate of drug-likeness (QED) is 0.686. The van der Waals surface area contributed by atoms with E-state index >= 15 is 0 Å². The molecule has 0 saturated carbocycles. The summed E-state index contributed by atoms with van der Waals surface area (Å²) in [7, 11) is -0.931. The zero-order valence-electron chi connectivity index (χ0n) is 15.0. The molecule has 1 aromatic carbocycles. The highest BCUT2D eigenvalue weighted by Gasteiger charge is 2.15. The molecule has 3 rings (SSSR count). The van der Waals surface area contributed by atoms with Crippen LogP contribution in [0.15, 0.2) is 35.2 Å². The molecule has 0 aliphatic rings. The van der Waals surface area contributed by atoms with E-state index in [0.29, 0.717) is 11.6 Å². The number of pyridine rings is 1. The van der Waals surface area contributed by atoms with Crippen LogP contribution in [0.2, 0.25) is 0 Å². The zero-order chi connectivity index (χ0) is 18.0. The number of aromatic nitrogens is 3. The van der Waals surface area contributed by atoms with Crippen LogP contribution in [0, 0.1) is 20.8 Å². The minimum absolute atomic E-state index is 0.491. The maximum atomic E-state index is 12.3. The van der Waals surface area contributed by atoms with Gasteiger partial charge in [0.05, 0.1) is 16.3 Å². The number of imidazole rings is 1. The SMILES string of the molecule is Cc1nc(N)c2nc(C)n(CCCCS(=O)c3ccccc3)c2c1C. The van der Waals surface area contributed by atoms with Crippen molar-refractivity contribution in [2.75, 3.05) is 11.5 Å². The van der Waals surface area contributed by atoms with Gasteiger partial charge in [-0.05, 0) is 51.3 Å². The Labute approximate surface area is 150 Å². The molecule has 6 heteroatoms. The normalized spacial score (nSPS) is 12.6. The molecule has 0 saturated heterocycles. The summed E-state index contributed by atoms with van der Waals surface area (Å²) in [5, 5.41) is 0. The molecule has 3 aromatic rings. The van der Waals surface area contributed by atoms with Gasteiger partial charge in [-0.2, -0.15) is 0 Å². The lowest BCUT2D eigenvalue weighted by Crippen LogP contribution is -2.05. The number of nitrogen functional groups attached to an aromatic ring is 1. The van der Waals surface area contributed by atoms with Gasteiger partial charge in [0.15, 0.2) is 5.82 Å². The number of hydrogen-bond donors (Lipinski definition) is 1. The van der Waals surface area contributed by atoms with Crippen molar-refractivity contribution >= 4 is 27.7 Å². The van der Waals surface area contributed by atoms with Gasteiger partial charge in [-0.3, -0.25) is 4.21 Å². The summed E-state index contributed by atoms with van der Waals surface area (Å²) >= 11 is 0. The van der Waals surface area contributed by atoms with Crippen molar-refractivity contribution in [3.8, 4) is 0 Å². The predicted octanol–water partition coefficient (Wildman–Crippen LogP) is 3.53. The maximum Gasteiger partial charge on any atom is 0.151 e. The summed E-state index contributed by atoms with van der Waals surface area (Å²) in [5.41, 5.74) is 9.97. The summed E-state index contributed by atoms with van der Waals surface area (Å²) in [6, 6.07) is 9.64. The van der Waals surface area contributed by atoms with Crippen LogP contribution in [0.5, 0.6) is 0 Å². The first-order chi connectivity index (χ1) is 12.0. The average molecular weight is 356 g/mol. The van der Waals surface area contributed by atoms with Crippen molar-refractivity contribution in [1.29, 1.82) is 0 Å². The number of unbranched alkanes of at least 4 members (excludes halogenated alkanes) is 1. The molecule has 5 nitrogen and oxygen atoms in total. The molecule has 0 amide bonds. The second-order valence-electron chi connectivity index (χ2n) is 6.29. The molecule has 25 heavy (non-hydrogen) atoms. The number of hydrogen-bond acceptors (Lipinski definition) is 4. The van der Waals surface area contributed by atoms with E-state index < -0.39 is 10.8 Å². The molecular weight excluding hydrogens is 332 g/mol. The summed E-state index contributed by atoms with van der Waals surface area (Å²) in [4.78, 5) is 9.86. The third-order valence-electron chi connectivity index (χ3n) is 4.55. The fourth-order valence-electron chi connectivity index (χ4n) is 3.08.